The first-order valence-corrected chi connectivity index (χ1v) is 8.29. The van der Waals surface area contributed by atoms with E-state index in [2.05, 4.69) is 16.6 Å². The van der Waals surface area contributed by atoms with E-state index in [-0.39, 0.29) is 10.6 Å². The van der Waals surface area contributed by atoms with Gasteiger partial charge in [-0.15, -0.1) is 0 Å². The molecule has 0 amide bonds. The Hall–Kier alpha value is -1.82. The lowest BCUT2D eigenvalue weighted by Gasteiger charge is -2.15. The van der Waals surface area contributed by atoms with Crippen LogP contribution < -0.4 is 5.32 Å². The number of pyridine rings is 1. The molecule has 0 radical (unpaired) electrons. The maximum absolute atomic E-state index is 11.5. The molecule has 2 atom stereocenters. The first-order valence-electron chi connectivity index (χ1n) is 7.00. The average molecular weight is 303 g/mol. The number of nitro benzene ring substituents is 1. The van der Waals surface area contributed by atoms with Gasteiger partial charge in [-0.1, -0.05) is 0 Å². The van der Waals surface area contributed by atoms with Crippen LogP contribution in [0, 0.1) is 10.1 Å². The van der Waals surface area contributed by atoms with Crippen LogP contribution in [0.5, 0.6) is 0 Å². The molecule has 1 aliphatic rings. The summed E-state index contributed by atoms with van der Waals surface area (Å²) in [6.45, 7) is 0. The molecule has 5 nitrogen and oxygen atoms in total. The smallest absolute Gasteiger partial charge is 0.301 e. The molecule has 1 saturated carbocycles. The molecule has 1 N–H and O–H groups in total. The number of nitrogens with zero attached hydrogens (tertiary/aromatic N) is 2. The Labute approximate surface area is 127 Å². The molecule has 1 aliphatic carbocycles. The van der Waals surface area contributed by atoms with E-state index in [0.717, 1.165) is 12.8 Å². The second-order valence-corrected chi connectivity index (χ2v) is 6.44. The standard InChI is InChI=1S/C15H17N3O2S/c1-21-11-5-4-10(9-11)17-14-7-6-13-12(3-2-8-16-13)15(14)18(19)20/h2-3,6-8,10-11,17H,4-5,9H2,1H3. The van der Waals surface area contributed by atoms with Gasteiger partial charge in [-0.3, -0.25) is 15.1 Å². The van der Waals surface area contributed by atoms with Crippen molar-refractivity contribution >= 4 is 34.0 Å². The molecule has 3 rings (SSSR count). The van der Waals surface area contributed by atoms with Gasteiger partial charge >= 0.3 is 5.69 Å². The van der Waals surface area contributed by atoms with Gasteiger partial charge in [-0.2, -0.15) is 11.8 Å². The molecule has 1 heterocycles. The van der Waals surface area contributed by atoms with Gasteiger partial charge in [0.1, 0.15) is 5.69 Å². The highest BCUT2D eigenvalue weighted by atomic mass is 32.2. The minimum atomic E-state index is -0.312. The van der Waals surface area contributed by atoms with E-state index in [1.54, 1.807) is 24.4 Å². The number of fused-ring (bicyclic) bond motifs is 1. The Bertz CT molecular complexity index is 677. The van der Waals surface area contributed by atoms with E-state index in [1.165, 1.54) is 6.42 Å². The Kier molecular flexibility index (Phi) is 3.96. The molecular weight excluding hydrogens is 286 g/mol. The van der Waals surface area contributed by atoms with Crippen molar-refractivity contribution in [1.29, 1.82) is 0 Å². The van der Waals surface area contributed by atoms with Crippen LogP contribution in [0.15, 0.2) is 30.5 Å². The van der Waals surface area contributed by atoms with Crippen LogP contribution in [0.2, 0.25) is 0 Å². The van der Waals surface area contributed by atoms with Gasteiger partial charge in [0.05, 0.1) is 15.8 Å². The van der Waals surface area contributed by atoms with Crippen LogP contribution >= 0.6 is 11.8 Å². The number of benzene rings is 1. The van der Waals surface area contributed by atoms with E-state index in [0.29, 0.717) is 27.9 Å². The lowest BCUT2D eigenvalue weighted by atomic mass is 10.1. The quantitative estimate of drug-likeness (QED) is 0.686. The van der Waals surface area contributed by atoms with Crippen LogP contribution in [-0.4, -0.2) is 27.5 Å². The topological polar surface area (TPSA) is 68.1 Å². The van der Waals surface area contributed by atoms with Crippen LogP contribution in [0.25, 0.3) is 10.9 Å². The predicted molar refractivity (Wildman–Crippen MR) is 87.0 cm³/mol. The zero-order valence-electron chi connectivity index (χ0n) is 11.8. The Morgan fingerprint density at radius 3 is 2.95 bits per heavy atom. The van der Waals surface area contributed by atoms with Crippen LogP contribution in [0.1, 0.15) is 19.3 Å². The molecule has 1 aromatic carbocycles. The molecule has 1 aromatic heterocycles. The summed E-state index contributed by atoms with van der Waals surface area (Å²) in [5, 5.41) is 16.1. The molecule has 2 aromatic rings. The summed E-state index contributed by atoms with van der Waals surface area (Å²) < 4.78 is 0. The predicted octanol–water partition coefficient (Wildman–Crippen LogP) is 3.84. The number of nitrogens with one attached hydrogen (secondary N) is 1. The van der Waals surface area contributed by atoms with Crippen molar-refractivity contribution in [3.8, 4) is 0 Å². The summed E-state index contributed by atoms with van der Waals surface area (Å²) in [5.74, 6) is 0. The lowest BCUT2D eigenvalue weighted by Crippen LogP contribution is -2.17. The Balaban J connectivity index is 1.95. The largest absolute Gasteiger partial charge is 0.377 e. The zero-order chi connectivity index (χ0) is 14.8. The number of hydrogen-bond donors (Lipinski definition) is 1. The van der Waals surface area contributed by atoms with Gasteiger partial charge in [0.25, 0.3) is 0 Å². The average Bonchev–Trinajstić information content (AvgIpc) is 2.94. The third-order valence-electron chi connectivity index (χ3n) is 4.02. The summed E-state index contributed by atoms with van der Waals surface area (Å²) in [7, 11) is 0. The van der Waals surface area contributed by atoms with Gasteiger partial charge in [0.15, 0.2) is 0 Å². The molecule has 21 heavy (non-hydrogen) atoms. The van der Waals surface area contributed by atoms with Gasteiger partial charge in [0.2, 0.25) is 0 Å². The number of anilines is 1. The van der Waals surface area contributed by atoms with Crippen molar-refractivity contribution in [2.24, 2.45) is 0 Å². The first kappa shape index (κ1) is 14.1. The van der Waals surface area contributed by atoms with Gasteiger partial charge in [-0.25, -0.2) is 0 Å². The van der Waals surface area contributed by atoms with Crippen molar-refractivity contribution in [2.45, 2.75) is 30.6 Å². The summed E-state index contributed by atoms with van der Waals surface area (Å²) in [4.78, 5) is 15.3. The van der Waals surface area contributed by atoms with Crippen molar-refractivity contribution in [2.75, 3.05) is 11.6 Å². The lowest BCUT2D eigenvalue weighted by molar-refractivity contribution is -0.382. The monoisotopic (exact) mass is 303 g/mol. The molecule has 0 spiro atoms. The van der Waals surface area contributed by atoms with E-state index in [4.69, 9.17) is 0 Å². The van der Waals surface area contributed by atoms with Crippen molar-refractivity contribution in [1.82, 2.24) is 4.98 Å². The number of thioether (sulfide) groups is 1. The van der Waals surface area contributed by atoms with Crippen LogP contribution in [0.4, 0.5) is 11.4 Å². The fourth-order valence-corrected chi connectivity index (χ4v) is 3.75. The molecule has 6 heteroatoms. The second-order valence-electron chi connectivity index (χ2n) is 5.30. The Morgan fingerprint density at radius 1 is 1.38 bits per heavy atom. The van der Waals surface area contributed by atoms with E-state index >= 15 is 0 Å². The van der Waals surface area contributed by atoms with Crippen molar-refractivity contribution < 1.29 is 4.92 Å². The number of hydrogen-bond acceptors (Lipinski definition) is 5. The molecular formula is C15H17N3O2S. The molecule has 0 saturated heterocycles. The highest BCUT2D eigenvalue weighted by Crippen LogP contribution is 2.36. The van der Waals surface area contributed by atoms with E-state index < -0.39 is 0 Å². The molecule has 2 unspecified atom stereocenters. The number of aromatic nitrogens is 1. The van der Waals surface area contributed by atoms with Gasteiger partial charge < -0.3 is 5.32 Å². The maximum Gasteiger partial charge on any atom is 0.301 e. The summed E-state index contributed by atoms with van der Waals surface area (Å²) in [5.41, 5.74) is 1.39. The summed E-state index contributed by atoms with van der Waals surface area (Å²) in [6.07, 6.45) is 7.06. The fraction of sp³-hybridized carbons (Fsp3) is 0.400. The normalized spacial score (nSPS) is 21.6. The fourth-order valence-electron chi connectivity index (χ4n) is 2.96. The molecule has 110 valence electrons. The highest BCUT2D eigenvalue weighted by molar-refractivity contribution is 7.99. The minimum absolute atomic E-state index is 0.133. The summed E-state index contributed by atoms with van der Waals surface area (Å²) in [6, 6.07) is 7.42. The molecule has 1 fully saturated rings. The Morgan fingerprint density at radius 2 is 2.24 bits per heavy atom. The second kappa shape index (κ2) is 5.89. The molecule has 0 aliphatic heterocycles. The van der Waals surface area contributed by atoms with Gasteiger partial charge in [-0.05, 0) is 49.8 Å². The SMILES string of the molecule is CSC1CCC(Nc2ccc3ncccc3c2[N+](=O)[O-])C1. The number of nitro groups is 1. The number of rotatable bonds is 4. The van der Waals surface area contributed by atoms with Gasteiger partial charge in [0, 0.05) is 17.5 Å². The zero-order valence-corrected chi connectivity index (χ0v) is 12.6. The first-order chi connectivity index (χ1) is 10.2. The van der Waals surface area contributed by atoms with Crippen LogP contribution in [0.3, 0.4) is 0 Å². The minimum Gasteiger partial charge on any atom is -0.377 e. The highest BCUT2D eigenvalue weighted by Gasteiger charge is 2.27. The third kappa shape index (κ3) is 2.81. The van der Waals surface area contributed by atoms with Crippen LogP contribution in [-0.2, 0) is 0 Å². The van der Waals surface area contributed by atoms with Crippen molar-refractivity contribution in [3.63, 3.8) is 0 Å². The summed E-state index contributed by atoms with van der Waals surface area (Å²) >= 11 is 1.88. The maximum atomic E-state index is 11.5. The molecule has 0 bridgehead atoms. The van der Waals surface area contributed by atoms with E-state index in [1.807, 2.05) is 17.8 Å². The third-order valence-corrected chi connectivity index (χ3v) is 5.11. The van der Waals surface area contributed by atoms with E-state index in [9.17, 15) is 10.1 Å². The van der Waals surface area contributed by atoms with Crippen molar-refractivity contribution in [3.05, 3.63) is 40.6 Å².